The minimum atomic E-state index is 0.189. The Hall–Kier alpha value is -2.44. The molecule has 0 aliphatic heterocycles. The van der Waals surface area contributed by atoms with Crippen LogP contribution in [0.3, 0.4) is 0 Å². The van der Waals surface area contributed by atoms with Crippen LogP contribution >= 0.6 is 0 Å². The molecule has 0 bridgehead atoms. The molecule has 7 heteroatoms. The summed E-state index contributed by atoms with van der Waals surface area (Å²) in [5.74, 6) is 1.06. The molecule has 4 rings (SSSR count). The van der Waals surface area contributed by atoms with E-state index in [1.807, 2.05) is 9.36 Å². The van der Waals surface area contributed by atoms with Crippen molar-refractivity contribution < 1.29 is 0 Å². The Bertz CT molecular complexity index is 899. The standard InChI is InChI=1S/C17H23N7/c1-9(2)23-13(7-12(21-23)11-5-6-11)15-14-16(18)19-8-20-17(14)24(22-15)10(3)4/h7-11H,5-6H2,1-4H3,(H2,18,19,20). The monoisotopic (exact) mass is 325 g/mol. The lowest BCUT2D eigenvalue weighted by Gasteiger charge is -2.09. The summed E-state index contributed by atoms with van der Waals surface area (Å²) < 4.78 is 3.96. The Balaban J connectivity index is 2.00. The van der Waals surface area contributed by atoms with Crippen molar-refractivity contribution >= 4 is 16.9 Å². The molecule has 0 amide bonds. The third-order valence-corrected chi connectivity index (χ3v) is 4.49. The first-order chi connectivity index (χ1) is 11.5. The number of nitrogens with two attached hydrogens (primary N) is 1. The van der Waals surface area contributed by atoms with E-state index in [0.29, 0.717) is 11.7 Å². The second kappa shape index (κ2) is 5.29. The van der Waals surface area contributed by atoms with Crippen LogP contribution in [0.15, 0.2) is 12.4 Å². The van der Waals surface area contributed by atoms with Gasteiger partial charge in [0, 0.05) is 18.0 Å². The van der Waals surface area contributed by atoms with Crippen molar-refractivity contribution in [3.05, 3.63) is 18.1 Å². The van der Waals surface area contributed by atoms with Crippen LogP contribution in [-0.4, -0.2) is 29.5 Å². The minimum Gasteiger partial charge on any atom is -0.383 e. The van der Waals surface area contributed by atoms with Crippen molar-refractivity contribution in [2.75, 3.05) is 5.73 Å². The molecule has 3 aromatic heterocycles. The molecule has 2 N–H and O–H groups in total. The van der Waals surface area contributed by atoms with E-state index in [1.54, 1.807) is 0 Å². The van der Waals surface area contributed by atoms with Crippen LogP contribution < -0.4 is 5.73 Å². The Kier molecular flexibility index (Phi) is 3.33. The van der Waals surface area contributed by atoms with Crippen molar-refractivity contribution in [3.8, 4) is 11.4 Å². The van der Waals surface area contributed by atoms with Crippen LogP contribution in [-0.2, 0) is 0 Å². The predicted molar refractivity (Wildman–Crippen MR) is 93.7 cm³/mol. The molecule has 3 heterocycles. The van der Waals surface area contributed by atoms with Gasteiger partial charge in [-0.2, -0.15) is 10.2 Å². The van der Waals surface area contributed by atoms with Gasteiger partial charge in [-0.25, -0.2) is 14.6 Å². The van der Waals surface area contributed by atoms with Crippen molar-refractivity contribution in [1.82, 2.24) is 29.5 Å². The van der Waals surface area contributed by atoms with E-state index in [9.17, 15) is 0 Å². The van der Waals surface area contributed by atoms with Gasteiger partial charge in [-0.05, 0) is 46.6 Å². The van der Waals surface area contributed by atoms with E-state index in [-0.39, 0.29) is 12.1 Å². The molecule has 1 aliphatic carbocycles. The summed E-state index contributed by atoms with van der Waals surface area (Å²) in [6.07, 6.45) is 3.94. The zero-order valence-corrected chi connectivity index (χ0v) is 14.6. The highest BCUT2D eigenvalue weighted by Gasteiger charge is 2.30. The Morgan fingerprint density at radius 2 is 1.75 bits per heavy atom. The number of fused-ring (bicyclic) bond motifs is 1. The maximum atomic E-state index is 6.18. The molecular weight excluding hydrogens is 302 g/mol. The van der Waals surface area contributed by atoms with Gasteiger partial charge in [0.15, 0.2) is 5.65 Å². The van der Waals surface area contributed by atoms with Gasteiger partial charge >= 0.3 is 0 Å². The fraction of sp³-hybridized carbons (Fsp3) is 0.529. The number of aromatic nitrogens is 6. The maximum Gasteiger partial charge on any atom is 0.164 e. The van der Waals surface area contributed by atoms with Gasteiger partial charge in [-0.15, -0.1) is 0 Å². The van der Waals surface area contributed by atoms with Crippen LogP contribution in [0, 0.1) is 0 Å². The van der Waals surface area contributed by atoms with E-state index >= 15 is 0 Å². The molecule has 0 radical (unpaired) electrons. The van der Waals surface area contributed by atoms with Gasteiger partial charge in [0.05, 0.1) is 16.8 Å². The highest BCUT2D eigenvalue weighted by molar-refractivity contribution is 5.97. The lowest BCUT2D eigenvalue weighted by atomic mass is 10.2. The third-order valence-electron chi connectivity index (χ3n) is 4.49. The second-order valence-electron chi connectivity index (χ2n) is 7.11. The average molecular weight is 325 g/mol. The van der Waals surface area contributed by atoms with Crippen molar-refractivity contribution in [2.45, 2.75) is 58.5 Å². The molecule has 1 aliphatic rings. The number of rotatable bonds is 4. The third kappa shape index (κ3) is 2.26. The first-order valence-electron chi connectivity index (χ1n) is 8.56. The minimum absolute atomic E-state index is 0.189. The molecule has 0 atom stereocenters. The van der Waals surface area contributed by atoms with Gasteiger partial charge in [0.25, 0.3) is 0 Å². The predicted octanol–water partition coefficient (Wildman–Crippen LogP) is 3.31. The van der Waals surface area contributed by atoms with Crippen molar-refractivity contribution in [3.63, 3.8) is 0 Å². The Morgan fingerprint density at radius 1 is 1.04 bits per heavy atom. The van der Waals surface area contributed by atoms with Gasteiger partial charge in [-0.3, -0.25) is 4.68 Å². The van der Waals surface area contributed by atoms with Crippen molar-refractivity contribution in [1.29, 1.82) is 0 Å². The summed E-state index contributed by atoms with van der Waals surface area (Å²) in [5.41, 5.74) is 9.93. The maximum absolute atomic E-state index is 6.18. The van der Waals surface area contributed by atoms with Gasteiger partial charge in [0.1, 0.15) is 17.8 Å². The van der Waals surface area contributed by atoms with Gasteiger partial charge < -0.3 is 5.73 Å². The SMILES string of the molecule is CC(C)n1nc(C2CC2)cc1-c1nn(C(C)C)c2ncnc(N)c12. The second-order valence-corrected chi connectivity index (χ2v) is 7.11. The smallest absolute Gasteiger partial charge is 0.164 e. The van der Waals surface area contributed by atoms with Crippen LogP contribution in [0.2, 0.25) is 0 Å². The number of hydrogen-bond acceptors (Lipinski definition) is 5. The molecule has 0 aromatic carbocycles. The zero-order valence-electron chi connectivity index (χ0n) is 14.6. The first kappa shape index (κ1) is 15.1. The average Bonchev–Trinajstić information content (AvgIpc) is 3.15. The molecule has 0 spiro atoms. The summed E-state index contributed by atoms with van der Waals surface area (Å²) in [7, 11) is 0. The number of anilines is 1. The molecule has 0 saturated heterocycles. The molecule has 1 saturated carbocycles. The number of hydrogen-bond donors (Lipinski definition) is 1. The van der Waals surface area contributed by atoms with Gasteiger partial charge in [0.2, 0.25) is 0 Å². The van der Waals surface area contributed by atoms with Crippen LogP contribution in [0.4, 0.5) is 5.82 Å². The van der Waals surface area contributed by atoms with E-state index < -0.39 is 0 Å². The lowest BCUT2D eigenvalue weighted by Crippen LogP contribution is -2.06. The Morgan fingerprint density at radius 3 is 2.38 bits per heavy atom. The molecular formula is C17H23N7. The lowest BCUT2D eigenvalue weighted by molar-refractivity contribution is 0.526. The molecule has 126 valence electrons. The van der Waals surface area contributed by atoms with Gasteiger partial charge in [-0.1, -0.05) is 0 Å². The number of nitrogen functional groups attached to an aromatic ring is 1. The Labute approximate surface area is 140 Å². The van der Waals surface area contributed by atoms with Crippen LogP contribution in [0.5, 0.6) is 0 Å². The first-order valence-corrected chi connectivity index (χ1v) is 8.56. The summed E-state index contributed by atoms with van der Waals surface area (Å²) in [6.45, 7) is 8.44. The molecule has 24 heavy (non-hydrogen) atoms. The summed E-state index contributed by atoms with van der Waals surface area (Å²) >= 11 is 0. The fourth-order valence-corrected chi connectivity index (χ4v) is 3.10. The molecule has 3 aromatic rings. The molecule has 7 nitrogen and oxygen atoms in total. The van der Waals surface area contributed by atoms with E-state index in [0.717, 1.165) is 28.1 Å². The topological polar surface area (TPSA) is 87.4 Å². The zero-order chi connectivity index (χ0) is 17.0. The van der Waals surface area contributed by atoms with E-state index in [4.69, 9.17) is 15.9 Å². The van der Waals surface area contributed by atoms with E-state index in [1.165, 1.54) is 19.2 Å². The van der Waals surface area contributed by atoms with Crippen LogP contribution in [0.1, 0.15) is 64.2 Å². The van der Waals surface area contributed by atoms with E-state index in [2.05, 4.69) is 43.7 Å². The largest absolute Gasteiger partial charge is 0.383 e. The summed E-state index contributed by atoms with van der Waals surface area (Å²) in [5, 5.41) is 10.5. The molecule has 1 fully saturated rings. The van der Waals surface area contributed by atoms with Crippen molar-refractivity contribution in [2.24, 2.45) is 0 Å². The molecule has 0 unspecified atom stereocenters. The van der Waals surface area contributed by atoms with Crippen LogP contribution in [0.25, 0.3) is 22.4 Å². The fourth-order valence-electron chi connectivity index (χ4n) is 3.10. The quantitative estimate of drug-likeness (QED) is 0.795. The number of nitrogens with zero attached hydrogens (tertiary/aromatic N) is 6. The normalized spacial score (nSPS) is 15.1. The highest BCUT2D eigenvalue weighted by atomic mass is 15.4. The summed E-state index contributed by atoms with van der Waals surface area (Å²) in [6, 6.07) is 2.60. The highest BCUT2D eigenvalue weighted by Crippen LogP contribution is 2.42. The summed E-state index contributed by atoms with van der Waals surface area (Å²) in [4.78, 5) is 8.60.